The lowest BCUT2D eigenvalue weighted by molar-refractivity contribution is -0.122. The maximum Gasteiger partial charge on any atom is 0.255 e. The molecule has 0 fully saturated rings. The molecular formula is C26H22FN3O2. The third-order valence-corrected chi connectivity index (χ3v) is 6.00. The van der Waals surface area contributed by atoms with Gasteiger partial charge in [-0.2, -0.15) is 0 Å². The minimum atomic E-state index is -0.346. The van der Waals surface area contributed by atoms with Crippen LogP contribution in [0.5, 0.6) is 0 Å². The van der Waals surface area contributed by atoms with E-state index in [-0.39, 0.29) is 36.8 Å². The minimum absolute atomic E-state index is 0.0669. The highest BCUT2D eigenvalue weighted by atomic mass is 19.1. The topological polar surface area (TPSA) is 54.3 Å². The Morgan fingerprint density at radius 1 is 0.969 bits per heavy atom. The maximum absolute atomic E-state index is 13.3. The molecule has 2 amide bonds. The van der Waals surface area contributed by atoms with Gasteiger partial charge in [-0.15, -0.1) is 0 Å². The fourth-order valence-corrected chi connectivity index (χ4v) is 4.47. The summed E-state index contributed by atoms with van der Waals surface area (Å²) in [6.45, 7) is 0.204. The second kappa shape index (κ2) is 7.96. The normalized spacial score (nSPS) is 15.2. The Labute approximate surface area is 185 Å². The average Bonchev–Trinajstić information content (AvgIpc) is 3.28. The first-order valence-electron chi connectivity index (χ1n) is 10.5. The summed E-state index contributed by atoms with van der Waals surface area (Å²) in [6.07, 6.45) is 2.04. The zero-order valence-electron chi connectivity index (χ0n) is 17.6. The highest BCUT2D eigenvalue weighted by Gasteiger charge is 2.39. The van der Waals surface area contributed by atoms with Crippen molar-refractivity contribution in [1.29, 1.82) is 0 Å². The molecule has 0 aliphatic carbocycles. The van der Waals surface area contributed by atoms with E-state index in [2.05, 4.69) is 5.32 Å². The molecule has 1 aliphatic heterocycles. The van der Waals surface area contributed by atoms with Crippen LogP contribution in [-0.4, -0.2) is 27.8 Å². The number of hydrogen-bond acceptors (Lipinski definition) is 2. The van der Waals surface area contributed by atoms with Gasteiger partial charge in [-0.1, -0.05) is 48.5 Å². The molecule has 1 aliphatic rings. The van der Waals surface area contributed by atoms with Gasteiger partial charge in [-0.25, -0.2) is 4.39 Å². The van der Waals surface area contributed by atoms with Crippen LogP contribution in [0, 0.1) is 5.82 Å². The second-order valence-electron chi connectivity index (χ2n) is 8.04. The summed E-state index contributed by atoms with van der Waals surface area (Å²) in [7, 11) is 1.98. The van der Waals surface area contributed by atoms with Crippen LogP contribution in [0.25, 0.3) is 10.9 Å². The monoisotopic (exact) mass is 427 g/mol. The first-order valence-corrected chi connectivity index (χ1v) is 10.5. The fourth-order valence-electron chi connectivity index (χ4n) is 4.47. The van der Waals surface area contributed by atoms with Gasteiger partial charge in [0.1, 0.15) is 12.4 Å². The molecule has 0 spiro atoms. The minimum Gasteiger partial charge on any atom is -0.350 e. The Morgan fingerprint density at radius 2 is 1.69 bits per heavy atom. The van der Waals surface area contributed by atoms with E-state index in [4.69, 9.17) is 0 Å². The van der Waals surface area contributed by atoms with Crippen LogP contribution in [0.4, 0.5) is 4.39 Å². The summed E-state index contributed by atoms with van der Waals surface area (Å²) < 4.78 is 15.2. The van der Waals surface area contributed by atoms with Gasteiger partial charge in [-0.3, -0.25) is 9.59 Å². The number of carbonyl (C=O) groups is 2. The predicted molar refractivity (Wildman–Crippen MR) is 120 cm³/mol. The molecule has 4 aromatic rings. The van der Waals surface area contributed by atoms with Crippen LogP contribution in [0.15, 0.2) is 79.0 Å². The summed E-state index contributed by atoms with van der Waals surface area (Å²) in [4.78, 5) is 27.7. The number of aryl methyl sites for hydroxylation is 1. The third kappa shape index (κ3) is 3.43. The number of aromatic nitrogens is 1. The maximum atomic E-state index is 13.3. The van der Waals surface area contributed by atoms with E-state index in [1.165, 1.54) is 12.1 Å². The van der Waals surface area contributed by atoms with Crippen molar-refractivity contribution in [1.82, 2.24) is 14.8 Å². The first kappa shape index (κ1) is 20.0. The molecule has 1 N–H and O–H groups in total. The number of carbonyl (C=O) groups excluding carboxylic acids is 2. The van der Waals surface area contributed by atoms with Crippen LogP contribution in [0.2, 0.25) is 0 Å². The largest absolute Gasteiger partial charge is 0.350 e. The molecule has 3 aromatic carbocycles. The lowest BCUT2D eigenvalue weighted by Gasteiger charge is -2.25. The molecule has 1 atom stereocenters. The number of nitrogens with zero attached hydrogens (tertiary/aromatic N) is 2. The summed E-state index contributed by atoms with van der Waals surface area (Å²) in [6, 6.07) is 21.2. The molecule has 5 rings (SSSR count). The molecule has 6 heteroatoms. The second-order valence-corrected chi connectivity index (χ2v) is 8.04. The molecule has 0 saturated carbocycles. The van der Waals surface area contributed by atoms with E-state index in [9.17, 15) is 14.0 Å². The molecular weight excluding hydrogens is 405 g/mol. The van der Waals surface area contributed by atoms with E-state index in [0.29, 0.717) is 5.56 Å². The number of nitrogens with one attached hydrogen (secondary N) is 1. The van der Waals surface area contributed by atoms with Crippen LogP contribution in [0.3, 0.4) is 0 Å². The number of rotatable bonds is 5. The lowest BCUT2D eigenvalue weighted by atomic mass is 9.97. The molecule has 2 heterocycles. The number of fused-ring (bicyclic) bond motifs is 2. The van der Waals surface area contributed by atoms with Crippen LogP contribution >= 0.6 is 0 Å². The average molecular weight is 427 g/mol. The van der Waals surface area contributed by atoms with E-state index in [1.54, 1.807) is 17.0 Å². The predicted octanol–water partition coefficient (Wildman–Crippen LogP) is 4.18. The Morgan fingerprint density at radius 3 is 2.50 bits per heavy atom. The van der Waals surface area contributed by atoms with Crippen LogP contribution in [0.1, 0.15) is 33.1 Å². The highest BCUT2D eigenvalue weighted by molar-refractivity contribution is 6.02. The van der Waals surface area contributed by atoms with Gasteiger partial charge in [0.25, 0.3) is 5.91 Å². The van der Waals surface area contributed by atoms with Crippen molar-refractivity contribution in [2.45, 2.75) is 12.6 Å². The fraction of sp³-hybridized carbons (Fsp3) is 0.154. The van der Waals surface area contributed by atoms with Gasteiger partial charge >= 0.3 is 0 Å². The number of benzene rings is 3. The van der Waals surface area contributed by atoms with E-state index in [1.807, 2.05) is 66.3 Å². The molecule has 1 aromatic heterocycles. The van der Waals surface area contributed by atoms with Crippen molar-refractivity contribution in [3.63, 3.8) is 0 Å². The SMILES string of the molecule is Cn1cc(C2c3ccccc3C(=O)N2CC(=O)NCc2ccc(F)cc2)c2ccccc21. The van der Waals surface area contributed by atoms with Crippen molar-refractivity contribution in [3.8, 4) is 0 Å². The Balaban J connectivity index is 1.45. The molecule has 0 radical (unpaired) electrons. The van der Waals surface area contributed by atoms with E-state index >= 15 is 0 Å². The Kier molecular flexibility index (Phi) is 4.98. The molecule has 1 unspecified atom stereocenters. The van der Waals surface area contributed by atoms with Crippen molar-refractivity contribution in [2.75, 3.05) is 6.54 Å². The van der Waals surface area contributed by atoms with E-state index in [0.717, 1.165) is 27.6 Å². The summed E-state index contributed by atoms with van der Waals surface area (Å²) in [5, 5.41) is 3.90. The van der Waals surface area contributed by atoms with Crippen molar-refractivity contribution in [3.05, 3.63) is 107 Å². The summed E-state index contributed by atoms with van der Waals surface area (Å²) in [5.41, 5.74) is 4.38. The van der Waals surface area contributed by atoms with Crippen LogP contribution < -0.4 is 5.32 Å². The third-order valence-electron chi connectivity index (χ3n) is 6.00. The smallest absolute Gasteiger partial charge is 0.255 e. The van der Waals surface area contributed by atoms with Gasteiger partial charge in [0, 0.05) is 41.8 Å². The zero-order chi connectivity index (χ0) is 22.2. The van der Waals surface area contributed by atoms with Gasteiger partial charge in [0.2, 0.25) is 5.91 Å². The molecule has 5 nitrogen and oxygen atoms in total. The van der Waals surface area contributed by atoms with Crippen LogP contribution in [-0.2, 0) is 18.4 Å². The zero-order valence-corrected chi connectivity index (χ0v) is 17.6. The standard InChI is InChI=1S/C26H22FN3O2/c1-29-15-22(19-6-4-5-9-23(19)29)25-20-7-2-3-8-21(20)26(32)30(25)16-24(31)28-14-17-10-12-18(27)13-11-17/h2-13,15,25H,14,16H2,1H3,(H,28,31). The lowest BCUT2D eigenvalue weighted by Crippen LogP contribution is -2.39. The molecule has 32 heavy (non-hydrogen) atoms. The summed E-state index contributed by atoms with van der Waals surface area (Å²) in [5.74, 6) is -0.741. The highest BCUT2D eigenvalue weighted by Crippen LogP contribution is 2.41. The molecule has 0 bridgehead atoms. The van der Waals surface area contributed by atoms with Crippen molar-refractivity contribution in [2.24, 2.45) is 7.05 Å². The van der Waals surface area contributed by atoms with Gasteiger partial charge in [0.15, 0.2) is 0 Å². The number of amides is 2. The van der Waals surface area contributed by atoms with Gasteiger partial charge < -0.3 is 14.8 Å². The quantitative estimate of drug-likeness (QED) is 0.520. The Bertz CT molecular complexity index is 1330. The Hall–Kier alpha value is -3.93. The molecule has 0 saturated heterocycles. The number of halogens is 1. The molecule has 160 valence electrons. The van der Waals surface area contributed by atoms with Gasteiger partial charge in [-0.05, 0) is 35.4 Å². The number of hydrogen-bond donors (Lipinski definition) is 1. The summed E-state index contributed by atoms with van der Waals surface area (Å²) >= 11 is 0. The number of para-hydroxylation sites is 1. The van der Waals surface area contributed by atoms with E-state index < -0.39 is 0 Å². The first-order chi connectivity index (χ1) is 15.5. The van der Waals surface area contributed by atoms with Crippen molar-refractivity contribution >= 4 is 22.7 Å². The van der Waals surface area contributed by atoms with Gasteiger partial charge in [0.05, 0.1) is 6.04 Å². The van der Waals surface area contributed by atoms with Crippen molar-refractivity contribution < 1.29 is 14.0 Å².